The monoisotopic (exact) mass is 557 g/mol. The van der Waals surface area contributed by atoms with Crippen molar-refractivity contribution in [2.45, 2.75) is 84.8 Å². The highest BCUT2D eigenvalue weighted by Crippen LogP contribution is 2.65. The number of allylic oxidation sites excluding steroid dienone is 2. The van der Waals surface area contributed by atoms with Gasteiger partial charge in [0.05, 0.1) is 31.8 Å². The Hall–Kier alpha value is -1.70. The Morgan fingerprint density at radius 1 is 1.18 bits per heavy atom. The van der Waals surface area contributed by atoms with Gasteiger partial charge in [0, 0.05) is 24.0 Å². The fraction of sp³-hybridized carbons (Fsp3) is 0.818. The number of nitrogens with one attached hydrogen (secondary N) is 1. The third kappa shape index (κ3) is 5.55. The van der Waals surface area contributed by atoms with Crippen molar-refractivity contribution in [1.82, 2.24) is 5.32 Å². The highest BCUT2D eigenvalue weighted by molar-refractivity contribution is 5.82. The van der Waals surface area contributed by atoms with Gasteiger partial charge in [-0.1, -0.05) is 31.1 Å². The zero-order valence-electron chi connectivity index (χ0n) is 25.2. The molecule has 3 saturated carbocycles. The van der Waals surface area contributed by atoms with Gasteiger partial charge in [-0.15, -0.1) is 0 Å². The zero-order chi connectivity index (χ0) is 28.6. The Kier molecular flexibility index (Phi) is 9.13. The van der Waals surface area contributed by atoms with Crippen LogP contribution in [-0.2, 0) is 23.8 Å². The lowest BCUT2D eigenvalue weighted by molar-refractivity contribution is -0.223. The van der Waals surface area contributed by atoms with E-state index in [1.54, 1.807) is 6.08 Å². The van der Waals surface area contributed by atoms with Gasteiger partial charge >= 0.3 is 11.9 Å². The number of hydrogen-bond acceptors (Lipinski definition) is 6. The van der Waals surface area contributed by atoms with E-state index in [-0.39, 0.29) is 47.3 Å². The molecular formula is C33H51NO6. The van der Waals surface area contributed by atoms with Gasteiger partial charge in [0.25, 0.3) is 0 Å². The highest BCUT2D eigenvalue weighted by Gasteiger charge is 2.63. The van der Waals surface area contributed by atoms with Crippen molar-refractivity contribution >= 4 is 11.9 Å². The molecule has 5 aliphatic rings. The van der Waals surface area contributed by atoms with E-state index in [4.69, 9.17) is 14.2 Å². The van der Waals surface area contributed by atoms with Crippen LogP contribution in [-0.4, -0.2) is 62.7 Å². The standard InChI is InChI=1S/C33H51NO6/c1-19(2)14-21-6-7-22-23-8-10-27-25-17-38-18-33(27,26(23)11-9-24(22)30(21)32(36)37)16-28(31(25)39-13-12-34-5)40-29(35)15-20(3)4/h11,15,19,21-25,27-28,30-31,34H,6-10,12-14,16-18H2,1-5H3,(H,36,37)/t21?,22?,23?,24?,25?,27?,28-,30?,31-,33+/m1/s1. The van der Waals surface area contributed by atoms with Crippen molar-refractivity contribution in [3.8, 4) is 0 Å². The third-order valence-electron chi connectivity index (χ3n) is 10.9. The number of esters is 1. The average Bonchev–Trinajstić information content (AvgIpc) is 2.88. The molecule has 2 N–H and O–H groups in total. The van der Waals surface area contributed by atoms with E-state index in [1.807, 2.05) is 20.9 Å². The molecule has 4 fully saturated rings. The number of likely N-dealkylation sites (N-methyl/N-ethyl adjacent to an activating group) is 1. The molecule has 4 aliphatic carbocycles. The van der Waals surface area contributed by atoms with Gasteiger partial charge in [0.2, 0.25) is 0 Å². The number of carbonyl (C=O) groups excluding carboxylic acids is 1. The van der Waals surface area contributed by atoms with Gasteiger partial charge in [-0.05, 0) is 101 Å². The lowest BCUT2D eigenvalue weighted by Gasteiger charge is -2.63. The second-order valence-corrected chi connectivity index (χ2v) is 14.0. The van der Waals surface area contributed by atoms with E-state index in [9.17, 15) is 14.7 Å². The van der Waals surface area contributed by atoms with E-state index < -0.39 is 5.97 Å². The molecule has 7 unspecified atom stereocenters. The summed E-state index contributed by atoms with van der Waals surface area (Å²) in [6, 6.07) is 0. The number of aliphatic carboxylic acids is 1. The molecule has 0 aromatic rings. The lowest BCUT2D eigenvalue weighted by atomic mass is 9.45. The van der Waals surface area contributed by atoms with E-state index in [0.717, 1.165) is 57.1 Å². The van der Waals surface area contributed by atoms with E-state index in [0.29, 0.717) is 43.5 Å². The Balaban J connectivity index is 1.46. The summed E-state index contributed by atoms with van der Waals surface area (Å²) in [5.41, 5.74) is 2.24. The van der Waals surface area contributed by atoms with Crippen LogP contribution in [0.25, 0.3) is 0 Å². The molecule has 1 saturated heterocycles. The van der Waals surface area contributed by atoms with Crippen LogP contribution >= 0.6 is 0 Å². The first-order chi connectivity index (χ1) is 19.2. The number of carboxylic acid groups (broad SMARTS) is 1. The van der Waals surface area contributed by atoms with Crippen molar-refractivity contribution in [2.24, 2.45) is 52.8 Å². The molecule has 0 amide bonds. The molecule has 0 aromatic carbocycles. The molecular weight excluding hydrogens is 506 g/mol. The van der Waals surface area contributed by atoms with Gasteiger partial charge < -0.3 is 24.6 Å². The van der Waals surface area contributed by atoms with E-state index in [2.05, 4.69) is 25.2 Å². The van der Waals surface area contributed by atoms with Gasteiger partial charge in [-0.2, -0.15) is 0 Å². The first-order valence-electron chi connectivity index (χ1n) is 15.8. The predicted molar refractivity (Wildman–Crippen MR) is 154 cm³/mol. The van der Waals surface area contributed by atoms with Crippen LogP contribution in [0.5, 0.6) is 0 Å². The summed E-state index contributed by atoms with van der Waals surface area (Å²) in [4.78, 5) is 25.5. The summed E-state index contributed by atoms with van der Waals surface area (Å²) in [6.07, 6.45) is 10.4. The summed E-state index contributed by atoms with van der Waals surface area (Å²) >= 11 is 0. The number of carbonyl (C=O) groups is 2. The molecule has 40 heavy (non-hydrogen) atoms. The minimum absolute atomic E-state index is 0.164. The Labute approximate surface area is 240 Å². The van der Waals surface area contributed by atoms with Crippen molar-refractivity contribution in [3.63, 3.8) is 0 Å². The lowest BCUT2D eigenvalue weighted by Crippen LogP contribution is -2.64. The Morgan fingerprint density at radius 3 is 2.67 bits per heavy atom. The summed E-state index contributed by atoms with van der Waals surface area (Å²) in [5, 5.41) is 13.5. The SMILES string of the molecule is CNCCO[C@@H]1C2COC[C@@]3(C[C@H]1OC(=O)C=C(C)C)C1=CCC4C(CCC(CC(C)C)C4C(=O)O)C1CCC23. The second-order valence-electron chi connectivity index (χ2n) is 14.0. The minimum Gasteiger partial charge on any atom is -0.481 e. The quantitative estimate of drug-likeness (QED) is 0.173. The van der Waals surface area contributed by atoms with Gasteiger partial charge in [-0.25, -0.2) is 4.79 Å². The van der Waals surface area contributed by atoms with Crippen LogP contribution in [0, 0.1) is 52.8 Å². The van der Waals surface area contributed by atoms with Crippen LogP contribution in [0.2, 0.25) is 0 Å². The molecule has 7 heteroatoms. The van der Waals surface area contributed by atoms with Crippen LogP contribution in [0.15, 0.2) is 23.3 Å². The minimum atomic E-state index is -0.601. The summed E-state index contributed by atoms with van der Waals surface area (Å²) in [6.45, 7) is 10.9. The van der Waals surface area contributed by atoms with Crippen LogP contribution in [0.3, 0.4) is 0 Å². The maximum atomic E-state index is 12.9. The van der Waals surface area contributed by atoms with Crippen molar-refractivity contribution in [3.05, 3.63) is 23.3 Å². The number of fused-ring (bicyclic) bond motifs is 3. The van der Waals surface area contributed by atoms with Gasteiger partial charge in [-0.3, -0.25) is 4.79 Å². The van der Waals surface area contributed by atoms with Gasteiger partial charge in [0.15, 0.2) is 0 Å². The van der Waals surface area contributed by atoms with Crippen LogP contribution < -0.4 is 5.32 Å². The molecule has 1 heterocycles. The molecule has 224 valence electrons. The normalized spacial score (nSPS) is 40.2. The second kappa shape index (κ2) is 12.3. The van der Waals surface area contributed by atoms with Crippen LogP contribution in [0.1, 0.15) is 72.6 Å². The smallest absolute Gasteiger partial charge is 0.331 e. The summed E-state index contributed by atoms with van der Waals surface area (Å²) in [5.74, 6) is 1.28. The topological polar surface area (TPSA) is 94.1 Å². The third-order valence-corrected chi connectivity index (χ3v) is 10.9. The molecule has 7 nitrogen and oxygen atoms in total. The fourth-order valence-electron chi connectivity index (χ4n) is 9.69. The van der Waals surface area contributed by atoms with Crippen molar-refractivity contribution in [2.75, 3.05) is 33.4 Å². The molecule has 0 aromatic heterocycles. The summed E-state index contributed by atoms with van der Waals surface area (Å²) in [7, 11) is 1.92. The zero-order valence-corrected chi connectivity index (χ0v) is 25.2. The predicted octanol–water partition coefficient (Wildman–Crippen LogP) is 5.25. The molecule has 0 radical (unpaired) electrons. The Morgan fingerprint density at radius 2 is 1.98 bits per heavy atom. The first-order valence-corrected chi connectivity index (χ1v) is 15.8. The Bertz CT molecular complexity index is 1000. The molecule has 0 spiro atoms. The van der Waals surface area contributed by atoms with E-state index in [1.165, 1.54) is 5.57 Å². The first kappa shape index (κ1) is 29.8. The van der Waals surface area contributed by atoms with Crippen LogP contribution in [0.4, 0.5) is 0 Å². The number of ether oxygens (including phenoxy) is 3. The maximum absolute atomic E-state index is 12.9. The van der Waals surface area contributed by atoms with Crippen molar-refractivity contribution < 1.29 is 28.9 Å². The largest absolute Gasteiger partial charge is 0.481 e. The van der Waals surface area contributed by atoms with Crippen molar-refractivity contribution in [1.29, 1.82) is 0 Å². The number of rotatable bonds is 9. The van der Waals surface area contributed by atoms with Gasteiger partial charge in [0.1, 0.15) is 6.10 Å². The maximum Gasteiger partial charge on any atom is 0.331 e. The van der Waals surface area contributed by atoms with E-state index >= 15 is 0 Å². The summed E-state index contributed by atoms with van der Waals surface area (Å²) < 4.78 is 19.0. The number of carboxylic acids is 1. The molecule has 5 rings (SSSR count). The number of hydrogen-bond donors (Lipinski definition) is 2. The average molecular weight is 558 g/mol. The molecule has 2 bridgehead atoms. The molecule has 10 atom stereocenters. The fourth-order valence-corrected chi connectivity index (χ4v) is 9.69. The highest BCUT2D eigenvalue weighted by atomic mass is 16.6. The molecule has 1 aliphatic heterocycles.